The number of nitrogens with zero attached hydrogens (tertiary/aromatic N) is 2. The fraction of sp³-hybridized carbons (Fsp3) is 0.160. The molecule has 1 unspecified atom stereocenters. The van der Waals surface area contributed by atoms with Crippen LogP contribution in [-0.4, -0.2) is 26.3 Å². The number of hydrogen-bond donors (Lipinski definition) is 2. The van der Waals surface area contributed by atoms with Crippen molar-refractivity contribution in [2.45, 2.75) is 30.9 Å². The lowest BCUT2D eigenvalue weighted by atomic mass is 10.0. The molecule has 0 radical (unpaired) electrons. The van der Waals surface area contributed by atoms with Gasteiger partial charge in [-0.25, -0.2) is 4.98 Å². The molecule has 2 N–H and O–H groups in total. The second-order valence-electron chi connectivity index (χ2n) is 7.28. The number of rotatable bonds is 8. The molecule has 1 heterocycles. The van der Waals surface area contributed by atoms with Gasteiger partial charge in [0.05, 0.1) is 5.25 Å². The first-order valence-electron chi connectivity index (χ1n) is 10.3. The van der Waals surface area contributed by atoms with Crippen LogP contribution in [0.15, 0.2) is 84.0 Å². The number of carbonyl (C=O) groups is 1. The van der Waals surface area contributed by atoms with Gasteiger partial charge in [0.1, 0.15) is 12.4 Å². The molecule has 1 amide bonds. The molecular weight excluding hydrogens is 420 g/mol. The fourth-order valence-electron chi connectivity index (χ4n) is 3.17. The third-order valence-corrected chi connectivity index (χ3v) is 5.85. The molecule has 4 rings (SSSR count). The van der Waals surface area contributed by atoms with Gasteiger partial charge in [0.15, 0.2) is 5.82 Å². The minimum absolute atomic E-state index is 0.110. The summed E-state index contributed by atoms with van der Waals surface area (Å²) in [6, 6.07) is 25.6. The largest absolute Gasteiger partial charge is 0.485 e. The summed E-state index contributed by atoms with van der Waals surface area (Å²) in [6.07, 6.45) is 0. The topological polar surface area (TPSA) is 79.9 Å². The Morgan fingerprint density at radius 2 is 1.75 bits per heavy atom. The number of aromatic nitrogens is 3. The van der Waals surface area contributed by atoms with Gasteiger partial charge in [0.2, 0.25) is 11.1 Å². The SMILES string of the molecule is Cc1ccccc1OCc1nc(SC(C)C(=O)Nc2ccccc2-c2ccccc2)n[nH]1. The molecule has 32 heavy (non-hydrogen) atoms. The third-order valence-electron chi connectivity index (χ3n) is 4.89. The Hall–Kier alpha value is -3.58. The van der Waals surface area contributed by atoms with Crippen LogP contribution in [0.2, 0.25) is 0 Å². The highest BCUT2D eigenvalue weighted by atomic mass is 32.2. The molecule has 1 aromatic heterocycles. The number of carbonyl (C=O) groups excluding carboxylic acids is 1. The number of thioether (sulfide) groups is 1. The molecule has 0 aliphatic rings. The van der Waals surface area contributed by atoms with Gasteiger partial charge in [-0.1, -0.05) is 78.5 Å². The van der Waals surface area contributed by atoms with E-state index in [1.54, 1.807) is 0 Å². The maximum Gasteiger partial charge on any atom is 0.237 e. The molecule has 3 aromatic carbocycles. The zero-order valence-corrected chi connectivity index (χ0v) is 18.7. The van der Waals surface area contributed by atoms with Gasteiger partial charge in [-0.2, -0.15) is 0 Å². The van der Waals surface area contributed by atoms with Crippen molar-refractivity contribution >= 4 is 23.4 Å². The highest BCUT2D eigenvalue weighted by Gasteiger charge is 2.19. The van der Waals surface area contributed by atoms with Crippen LogP contribution in [0, 0.1) is 6.92 Å². The standard InChI is InChI=1S/C25H24N4O2S/c1-17-10-6-9-15-22(17)31-16-23-27-25(29-28-23)32-18(2)24(30)26-21-14-8-7-13-20(21)19-11-4-3-5-12-19/h3-15,18H,16H2,1-2H3,(H,26,30)(H,27,28,29). The zero-order chi connectivity index (χ0) is 22.3. The average molecular weight is 445 g/mol. The normalized spacial score (nSPS) is 11.7. The molecule has 0 saturated carbocycles. The molecule has 162 valence electrons. The summed E-state index contributed by atoms with van der Waals surface area (Å²) in [5, 5.41) is 10.3. The van der Waals surface area contributed by atoms with Crippen molar-refractivity contribution in [3.05, 3.63) is 90.3 Å². The van der Waals surface area contributed by atoms with E-state index in [1.165, 1.54) is 11.8 Å². The van der Waals surface area contributed by atoms with E-state index in [1.807, 2.05) is 92.7 Å². The lowest BCUT2D eigenvalue weighted by Crippen LogP contribution is -2.22. The summed E-state index contributed by atoms with van der Waals surface area (Å²) in [4.78, 5) is 17.3. The first-order chi connectivity index (χ1) is 15.6. The molecule has 7 heteroatoms. The van der Waals surface area contributed by atoms with Gasteiger partial charge in [-0.05, 0) is 37.1 Å². The van der Waals surface area contributed by atoms with Crippen molar-refractivity contribution in [3.63, 3.8) is 0 Å². The summed E-state index contributed by atoms with van der Waals surface area (Å²) in [5.74, 6) is 1.31. The molecule has 0 fully saturated rings. The van der Waals surface area contributed by atoms with Crippen molar-refractivity contribution in [1.82, 2.24) is 15.2 Å². The minimum Gasteiger partial charge on any atom is -0.485 e. The predicted octanol–water partition coefficient (Wildman–Crippen LogP) is 5.48. The van der Waals surface area contributed by atoms with Gasteiger partial charge in [-0.3, -0.25) is 9.89 Å². The van der Waals surface area contributed by atoms with E-state index in [4.69, 9.17) is 4.74 Å². The number of aromatic amines is 1. The van der Waals surface area contributed by atoms with Crippen LogP contribution in [0.1, 0.15) is 18.3 Å². The van der Waals surface area contributed by atoms with Gasteiger partial charge in [0.25, 0.3) is 0 Å². The van der Waals surface area contributed by atoms with E-state index in [0.29, 0.717) is 11.0 Å². The summed E-state index contributed by atoms with van der Waals surface area (Å²) in [6.45, 7) is 4.11. The molecule has 0 spiro atoms. The number of para-hydroxylation sites is 2. The van der Waals surface area contributed by atoms with Gasteiger partial charge >= 0.3 is 0 Å². The van der Waals surface area contributed by atoms with Gasteiger partial charge < -0.3 is 10.1 Å². The van der Waals surface area contributed by atoms with Crippen LogP contribution in [0.3, 0.4) is 0 Å². The van der Waals surface area contributed by atoms with Gasteiger partial charge in [0, 0.05) is 11.3 Å². The Morgan fingerprint density at radius 3 is 2.56 bits per heavy atom. The first kappa shape index (κ1) is 21.6. The number of benzene rings is 3. The maximum absolute atomic E-state index is 12.8. The van der Waals surface area contributed by atoms with Crippen molar-refractivity contribution in [2.75, 3.05) is 5.32 Å². The molecule has 4 aromatic rings. The number of hydrogen-bond acceptors (Lipinski definition) is 5. The Kier molecular flexibility index (Phi) is 6.87. The summed E-state index contributed by atoms with van der Waals surface area (Å²) in [5.41, 5.74) is 3.87. The monoisotopic (exact) mass is 444 g/mol. The quantitative estimate of drug-likeness (QED) is 0.352. The summed E-state index contributed by atoms with van der Waals surface area (Å²) >= 11 is 1.30. The number of ether oxygens (including phenoxy) is 1. The van der Waals surface area contributed by atoms with Crippen LogP contribution >= 0.6 is 11.8 Å². The minimum atomic E-state index is -0.375. The molecule has 0 saturated heterocycles. The van der Waals surface area contributed by atoms with E-state index in [0.717, 1.165) is 28.1 Å². The van der Waals surface area contributed by atoms with E-state index >= 15 is 0 Å². The van der Waals surface area contributed by atoms with Crippen molar-refractivity contribution in [1.29, 1.82) is 0 Å². The Bertz CT molecular complexity index is 1190. The lowest BCUT2D eigenvalue weighted by molar-refractivity contribution is -0.115. The van der Waals surface area contributed by atoms with E-state index in [2.05, 4.69) is 20.5 Å². The van der Waals surface area contributed by atoms with Crippen molar-refractivity contribution < 1.29 is 9.53 Å². The Balaban J connectivity index is 1.36. The third kappa shape index (κ3) is 5.36. The average Bonchev–Trinajstić information content (AvgIpc) is 3.26. The zero-order valence-electron chi connectivity index (χ0n) is 17.9. The molecule has 0 aliphatic heterocycles. The van der Waals surface area contributed by atoms with E-state index in [9.17, 15) is 4.79 Å². The fourth-order valence-corrected chi connectivity index (χ4v) is 3.91. The molecule has 0 bridgehead atoms. The Morgan fingerprint density at radius 1 is 1.03 bits per heavy atom. The molecule has 0 aliphatic carbocycles. The number of H-pyrrole nitrogens is 1. The first-order valence-corrected chi connectivity index (χ1v) is 11.2. The van der Waals surface area contributed by atoms with Crippen LogP contribution in [-0.2, 0) is 11.4 Å². The molecule has 1 atom stereocenters. The molecular formula is C25H24N4O2S. The van der Waals surface area contributed by atoms with Crippen molar-refractivity contribution in [2.24, 2.45) is 0 Å². The summed E-state index contributed by atoms with van der Waals surface area (Å²) < 4.78 is 5.80. The van der Waals surface area contributed by atoms with E-state index < -0.39 is 0 Å². The van der Waals surface area contributed by atoms with Crippen LogP contribution in [0.25, 0.3) is 11.1 Å². The highest BCUT2D eigenvalue weighted by molar-refractivity contribution is 8.00. The summed E-state index contributed by atoms with van der Waals surface area (Å²) in [7, 11) is 0. The predicted molar refractivity (Wildman–Crippen MR) is 128 cm³/mol. The second-order valence-corrected chi connectivity index (χ2v) is 8.59. The van der Waals surface area contributed by atoms with E-state index in [-0.39, 0.29) is 17.8 Å². The number of nitrogens with one attached hydrogen (secondary N) is 2. The number of amides is 1. The lowest BCUT2D eigenvalue weighted by Gasteiger charge is -2.14. The highest BCUT2D eigenvalue weighted by Crippen LogP contribution is 2.29. The van der Waals surface area contributed by atoms with Crippen LogP contribution in [0.5, 0.6) is 5.75 Å². The molecule has 6 nitrogen and oxygen atoms in total. The van der Waals surface area contributed by atoms with Gasteiger partial charge in [-0.15, -0.1) is 5.10 Å². The van der Waals surface area contributed by atoms with Crippen LogP contribution in [0.4, 0.5) is 5.69 Å². The number of anilines is 1. The second kappa shape index (κ2) is 10.2. The van der Waals surface area contributed by atoms with Crippen LogP contribution < -0.4 is 10.1 Å². The number of aryl methyl sites for hydroxylation is 1. The smallest absolute Gasteiger partial charge is 0.237 e. The Labute approximate surface area is 191 Å². The maximum atomic E-state index is 12.8. The van der Waals surface area contributed by atoms with Crippen molar-refractivity contribution in [3.8, 4) is 16.9 Å².